The number of amides is 2. The maximum Gasteiger partial charge on any atom is 0.251 e. The third-order valence-corrected chi connectivity index (χ3v) is 6.84. The fourth-order valence-corrected chi connectivity index (χ4v) is 4.74. The molecule has 0 bridgehead atoms. The molecule has 9 nitrogen and oxygen atoms in total. The lowest BCUT2D eigenvalue weighted by Crippen LogP contribution is -2.34. The molecule has 4 heterocycles. The van der Waals surface area contributed by atoms with Crippen LogP contribution in [0.25, 0.3) is 22.2 Å². The number of fused-ring (bicyclic) bond motifs is 2. The molecule has 38 heavy (non-hydrogen) atoms. The van der Waals surface area contributed by atoms with Gasteiger partial charge in [0, 0.05) is 81.0 Å². The van der Waals surface area contributed by atoms with Crippen LogP contribution in [0.4, 0.5) is 5.82 Å². The molecular weight excluding hydrogens is 498 g/mol. The van der Waals surface area contributed by atoms with Gasteiger partial charge in [-0.15, -0.1) is 0 Å². The first-order chi connectivity index (χ1) is 17.9. The largest absolute Gasteiger partial charge is 0.369 e. The van der Waals surface area contributed by atoms with E-state index in [-0.39, 0.29) is 31.2 Å². The molecule has 1 aliphatic heterocycles. The molecule has 0 saturated carbocycles. The minimum Gasteiger partial charge on any atom is -0.369 e. The van der Waals surface area contributed by atoms with E-state index >= 15 is 0 Å². The summed E-state index contributed by atoms with van der Waals surface area (Å²) in [6, 6.07) is 11.6. The van der Waals surface area contributed by atoms with E-state index in [4.69, 9.17) is 0 Å². The monoisotopic (exact) mass is 529 g/mol. The van der Waals surface area contributed by atoms with Gasteiger partial charge in [0.05, 0.1) is 16.8 Å². The molecule has 0 fully saturated rings. The van der Waals surface area contributed by atoms with E-state index in [0.29, 0.717) is 31.0 Å². The van der Waals surface area contributed by atoms with Crippen LogP contribution in [0, 0.1) is 0 Å². The number of nitrogens with zero attached hydrogens (tertiary/aromatic N) is 5. The highest BCUT2D eigenvalue weighted by atomic mass is 32.1. The summed E-state index contributed by atoms with van der Waals surface area (Å²) in [5, 5.41) is 6.95. The summed E-state index contributed by atoms with van der Waals surface area (Å²) in [5.74, 6) is 0.760. The zero-order chi connectivity index (χ0) is 25.9. The van der Waals surface area contributed by atoms with Crippen molar-refractivity contribution in [2.45, 2.75) is 32.7 Å². The highest BCUT2D eigenvalue weighted by Gasteiger charge is 2.20. The SMILES string of the molecule is CNC(=O)c1ccnc2c([C@H](C)CNc3cc(-c4cnc5c(c4)CN(C(C)=O)CC5)ncn3)cccc12.S. The lowest BCUT2D eigenvalue weighted by Gasteiger charge is -2.27. The van der Waals surface area contributed by atoms with Gasteiger partial charge in [-0.1, -0.05) is 25.1 Å². The average Bonchev–Trinajstić information content (AvgIpc) is 2.94. The molecule has 2 N–H and O–H groups in total. The smallest absolute Gasteiger partial charge is 0.251 e. The Balaban J connectivity index is 0.00000336. The van der Waals surface area contributed by atoms with E-state index in [0.717, 1.165) is 45.4 Å². The Morgan fingerprint density at radius 3 is 2.74 bits per heavy atom. The number of para-hydroxylation sites is 1. The molecule has 0 saturated heterocycles. The Morgan fingerprint density at radius 2 is 1.95 bits per heavy atom. The lowest BCUT2D eigenvalue weighted by atomic mass is 9.96. The van der Waals surface area contributed by atoms with E-state index in [1.165, 1.54) is 0 Å². The van der Waals surface area contributed by atoms with Gasteiger partial charge in [0.15, 0.2) is 0 Å². The number of pyridine rings is 2. The molecule has 5 rings (SSSR count). The predicted octanol–water partition coefficient (Wildman–Crippen LogP) is 3.68. The maximum absolute atomic E-state index is 12.3. The van der Waals surface area contributed by atoms with Gasteiger partial charge in [-0.2, -0.15) is 13.5 Å². The highest BCUT2D eigenvalue weighted by molar-refractivity contribution is 7.59. The van der Waals surface area contributed by atoms with Crippen LogP contribution in [-0.2, 0) is 17.8 Å². The molecule has 0 unspecified atom stereocenters. The first-order valence-electron chi connectivity index (χ1n) is 12.3. The van der Waals surface area contributed by atoms with Crippen LogP contribution in [0.3, 0.4) is 0 Å². The molecule has 0 spiro atoms. The minimum atomic E-state index is -0.130. The van der Waals surface area contributed by atoms with Crippen molar-refractivity contribution in [3.05, 3.63) is 77.5 Å². The summed E-state index contributed by atoms with van der Waals surface area (Å²) in [6.45, 7) is 5.61. The van der Waals surface area contributed by atoms with Crippen LogP contribution in [0.15, 0.2) is 55.1 Å². The molecule has 1 aliphatic rings. The fourth-order valence-electron chi connectivity index (χ4n) is 4.74. The van der Waals surface area contributed by atoms with Gasteiger partial charge < -0.3 is 15.5 Å². The molecular formula is C28H31N7O2S. The number of benzene rings is 1. The van der Waals surface area contributed by atoms with Crippen LogP contribution in [0.2, 0.25) is 0 Å². The van der Waals surface area contributed by atoms with Crippen molar-refractivity contribution in [2.24, 2.45) is 0 Å². The van der Waals surface area contributed by atoms with Crippen LogP contribution in [0.5, 0.6) is 0 Å². The molecule has 0 radical (unpaired) electrons. The van der Waals surface area contributed by atoms with Gasteiger partial charge >= 0.3 is 0 Å². The van der Waals surface area contributed by atoms with Gasteiger partial charge in [0.25, 0.3) is 5.91 Å². The summed E-state index contributed by atoms with van der Waals surface area (Å²) in [7, 11) is 1.63. The zero-order valence-corrected chi connectivity index (χ0v) is 22.7. The first-order valence-corrected chi connectivity index (χ1v) is 12.3. The Bertz CT molecular complexity index is 1490. The van der Waals surface area contributed by atoms with Crippen molar-refractivity contribution >= 4 is 42.0 Å². The molecule has 3 aromatic heterocycles. The highest BCUT2D eigenvalue weighted by Crippen LogP contribution is 2.28. The zero-order valence-electron chi connectivity index (χ0n) is 21.7. The Kier molecular flexibility index (Phi) is 8.21. The van der Waals surface area contributed by atoms with Gasteiger partial charge in [0.1, 0.15) is 12.1 Å². The van der Waals surface area contributed by atoms with Crippen molar-refractivity contribution in [3.8, 4) is 11.3 Å². The number of rotatable bonds is 6. The number of hydrogen-bond donors (Lipinski definition) is 2. The first kappa shape index (κ1) is 27.0. The van der Waals surface area contributed by atoms with Crippen molar-refractivity contribution in [1.82, 2.24) is 30.2 Å². The van der Waals surface area contributed by atoms with Crippen molar-refractivity contribution in [2.75, 3.05) is 25.5 Å². The van der Waals surface area contributed by atoms with Crippen molar-refractivity contribution < 1.29 is 9.59 Å². The third kappa shape index (κ3) is 5.45. The number of carbonyl (C=O) groups is 2. The molecule has 2 amide bonds. The number of aromatic nitrogens is 4. The van der Waals surface area contributed by atoms with Gasteiger partial charge in [-0.25, -0.2) is 9.97 Å². The molecule has 0 aliphatic carbocycles. The maximum atomic E-state index is 12.3. The van der Waals surface area contributed by atoms with E-state index in [2.05, 4.69) is 43.6 Å². The Morgan fingerprint density at radius 1 is 1.11 bits per heavy atom. The van der Waals surface area contributed by atoms with E-state index in [1.807, 2.05) is 35.4 Å². The second-order valence-electron chi connectivity index (χ2n) is 9.27. The van der Waals surface area contributed by atoms with E-state index in [9.17, 15) is 9.59 Å². The van der Waals surface area contributed by atoms with Crippen LogP contribution in [-0.4, -0.2) is 56.8 Å². The summed E-state index contributed by atoms with van der Waals surface area (Å²) >= 11 is 0. The molecule has 1 atom stereocenters. The number of anilines is 1. The second-order valence-corrected chi connectivity index (χ2v) is 9.27. The fraction of sp³-hybridized carbons (Fsp3) is 0.286. The summed E-state index contributed by atoms with van der Waals surface area (Å²) < 4.78 is 0. The predicted molar refractivity (Wildman–Crippen MR) is 152 cm³/mol. The molecule has 10 heteroatoms. The Hall–Kier alpha value is -4.05. The van der Waals surface area contributed by atoms with Crippen molar-refractivity contribution in [1.29, 1.82) is 0 Å². The van der Waals surface area contributed by atoms with E-state index in [1.54, 1.807) is 32.6 Å². The van der Waals surface area contributed by atoms with Crippen LogP contribution < -0.4 is 10.6 Å². The average molecular weight is 530 g/mol. The molecule has 1 aromatic carbocycles. The summed E-state index contributed by atoms with van der Waals surface area (Å²) in [4.78, 5) is 44.0. The Labute approximate surface area is 228 Å². The number of nitrogens with one attached hydrogen (secondary N) is 2. The number of hydrogen-bond acceptors (Lipinski definition) is 7. The topological polar surface area (TPSA) is 113 Å². The van der Waals surface area contributed by atoms with Crippen LogP contribution in [0.1, 0.15) is 46.9 Å². The number of carbonyl (C=O) groups excluding carboxylic acids is 2. The lowest BCUT2D eigenvalue weighted by molar-refractivity contribution is -0.129. The van der Waals surface area contributed by atoms with Crippen LogP contribution >= 0.6 is 13.5 Å². The molecule has 196 valence electrons. The normalized spacial score (nSPS) is 13.3. The quantitative estimate of drug-likeness (QED) is 0.392. The van der Waals surface area contributed by atoms with Gasteiger partial charge in [-0.05, 0) is 23.3 Å². The van der Waals surface area contributed by atoms with Gasteiger partial charge in [-0.3, -0.25) is 19.6 Å². The second kappa shape index (κ2) is 11.6. The standard InChI is InChI=1S/C28H29N7O2.H2S/c1-17(21-5-4-6-22-23(28(37)29-3)7-9-30-27(21)22)13-32-26-12-25(33-16-34-26)19-11-20-15-35(18(2)36)10-8-24(20)31-14-19;/h4-7,9,11-12,14,16-17H,8,10,13,15H2,1-3H3,(H,29,37)(H,32,33,34);1H2/t17-;/m1./s1. The van der Waals surface area contributed by atoms with E-state index < -0.39 is 0 Å². The van der Waals surface area contributed by atoms with Gasteiger partial charge in [0.2, 0.25) is 5.91 Å². The summed E-state index contributed by atoms with van der Waals surface area (Å²) in [5.41, 5.74) is 6.23. The minimum absolute atomic E-state index is 0. The third-order valence-electron chi connectivity index (χ3n) is 6.84. The van der Waals surface area contributed by atoms with Crippen molar-refractivity contribution in [3.63, 3.8) is 0 Å². The molecule has 4 aromatic rings. The summed E-state index contributed by atoms with van der Waals surface area (Å²) in [6.07, 6.45) is 5.81.